The fourth-order valence-electron chi connectivity index (χ4n) is 13.3. The molecule has 0 saturated heterocycles. The molecule has 0 radical (unpaired) electrons. The number of alkyl halides is 12. The van der Waals surface area contributed by atoms with Gasteiger partial charge >= 0.3 is 42.4 Å². The van der Waals surface area contributed by atoms with Crippen LogP contribution in [0.1, 0.15) is 51.0 Å². The first kappa shape index (κ1) is 56.2. The first-order valence-corrected chi connectivity index (χ1v) is 27.3. The first-order chi connectivity index (χ1) is 43.5. The Morgan fingerprint density at radius 2 is 0.793 bits per heavy atom. The third kappa shape index (κ3) is 7.03. The number of nitrogens with zero attached hydrogens (tertiary/aromatic N) is 22. The van der Waals surface area contributed by atoms with Crippen LogP contribution < -0.4 is 27.4 Å². The molecule has 0 aromatic carbocycles. The number of hydrogen-bond acceptors (Lipinski definition) is 10. The summed E-state index contributed by atoms with van der Waals surface area (Å²) >= 11 is 0. The van der Waals surface area contributed by atoms with E-state index in [2.05, 4.69) is 50.5 Å². The Labute approximate surface area is 503 Å². The van der Waals surface area contributed by atoms with E-state index in [0.717, 1.165) is 22.9 Å². The van der Waals surface area contributed by atoms with Crippen LogP contribution in [0.4, 0.5) is 61.5 Å². The van der Waals surface area contributed by atoms with E-state index in [9.17, 15) is 61.5 Å². The average molecular weight is 1280 g/mol. The van der Waals surface area contributed by atoms with E-state index < -0.39 is 76.7 Å². The van der Waals surface area contributed by atoms with Crippen molar-refractivity contribution >= 4 is 0 Å². The molecule has 3 spiro atoms. The molecule has 6 aliphatic rings. The number of fused-ring (bicyclic) bond motifs is 30. The van der Waals surface area contributed by atoms with Crippen LogP contribution in [0.15, 0.2) is 129 Å². The van der Waals surface area contributed by atoms with Gasteiger partial charge in [-0.15, -0.1) is 28.5 Å². The molecule has 462 valence electrons. The maximum Gasteiger partial charge on any atom is 0.584 e. The minimum absolute atomic E-state index is 0.0114. The van der Waals surface area contributed by atoms with Crippen LogP contribution in [0, 0.1) is 46.3 Å². The molecule has 6 aliphatic heterocycles. The van der Waals surface area contributed by atoms with Gasteiger partial charge < -0.3 is 0 Å². The number of halogens is 14. The van der Waals surface area contributed by atoms with Crippen molar-refractivity contribution in [3.8, 4) is 68.5 Å². The van der Waals surface area contributed by atoms with Crippen LogP contribution >= 0.6 is 0 Å². The van der Waals surface area contributed by atoms with Crippen molar-refractivity contribution in [3.63, 3.8) is 0 Å². The lowest BCUT2D eigenvalue weighted by Crippen LogP contribution is -2.77. The molecule has 12 aromatic rings. The molecular formula is C56H36F14N22+6. The molecule has 0 saturated carbocycles. The second-order valence-electron chi connectivity index (χ2n) is 22.0. The summed E-state index contributed by atoms with van der Waals surface area (Å²) in [6.07, 6.45) is -0.840. The van der Waals surface area contributed by atoms with Crippen LogP contribution in [-0.4, -0.2) is 78.6 Å². The number of aromatic nitrogens is 22. The van der Waals surface area contributed by atoms with Crippen LogP contribution in [0.25, 0.3) is 68.5 Å². The van der Waals surface area contributed by atoms with Gasteiger partial charge in [0.25, 0.3) is 22.8 Å². The Balaban J connectivity index is 0.000000110. The first-order valence-electron chi connectivity index (χ1n) is 27.3. The molecule has 0 N–H and O–H groups in total. The maximum atomic E-state index is 14.1. The highest BCUT2D eigenvalue weighted by Gasteiger charge is 2.74. The van der Waals surface area contributed by atoms with Gasteiger partial charge in [0.2, 0.25) is 17.2 Å². The molecule has 92 heavy (non-hydrogen) atoms. The highest BCUT2D eigenvalue weighted by atomic mass is 19.4. The molecule has 0 fully saturated rings. The third-order valence-corrected chi connectivity index (χ3v) is 16.7. The number of rotatable bonds is 0. The van der Waals surface area contributed by atoms with E-state index in [1.807, 2.05) is 0 Å². The van der Waals surface area contributed by atoms with Crippen LogP contribution in [-0.2, 0) is 42.4 Å². The molecule has 36 heteroatoms. The second-order valence-corrected chi connectivity index (χ2v) is 22.0. The van der Waals surface area contributed by atoms with E-state index in [0.29, 0.717) is 62.9 Å². The number of pyridine rings is 3. The quantitative estimate of drug-likeness (QED) is 0.130. The van der Waals surface area contributed by atoms with Crippen molar-refractivity contribution in [1.29, 1.82) is 0 Å². The van der Waals surface area contributed by atoms with Crippen molar-refractivity contribution in [2.24, 2.45) is 0 Å². The maximum absolute atomic E-state index is 14.1. The summed E-state index contributed by atoms with van der Waals surface area (Å²) in [5.41, 5.74) is 0.637. The predicted molar refractivity (Wildman–Crippen MR) is 274 cm³/mol. The molecule has 18 heterocycles. The Morgan fingerprint density at radius 1 is 0.380 bits per heavy atom. The van der Waals surface area contributed by atoms with Crippen molar-refractivity contribution in [2.75, 3.05) is 0 Å². The van der Waals surface area contributed by atoms with Crippen LogP contribution in [0.2, 0.25) is 0 Å². The molecule has 3 atom stereocenters. The second kappa shape index (κ2) is 17.9. The number of hydrogen-bond donors (Lipinski definition) is 0. The van der Waals surface area contributed by atoms with Crippen LogP contribution in [0.3, 0.4) is 0 Å². The van der Waals surface area contributed by atoms with Gasteiger partial charge in [-0.05, 0) is 46.8 Å². The summed E-state index contributed by atoms with van der Waals surface area (Å²) in [6.45, 7) is 7.77. The van der Waals surface area contributed by atoms with Gasteiger partial charge in [-0.2, -0.15) is 78.2 Å². The van der Waals surface area contributed by atoms with E-state index in [1.54, 1.807) is 72.8 Å². The van der Waals surface area contributed by atoms with Crippen molar-refractivity contribution in [3.05, 3.63) is 192 Å². The molecule has 0 bridgehead atoms. The van der Waals surface area contributed by atoms with Gasteiger partial charge in [-0.25, -0.2) is 13.8 Å². The fraction of sp³-hybridized carbons (Fsp3) is 0.214. The topological polar surface area (TPSA) is 182 Å². The Morgan fingerprint density at radius 3 is 1.28 bits per heavy atom. The highest BCUT2D eigenvalue weighted by molar-refractivity contribution is 5.63. The monoisotopic (exact) mass is 1280 g/mol. The summed E-state index contributed by atoms with van der Waals surface area (Å²) in [6, 6.07) is 11.2. The lowest BCUT2D eigenvalue weighted by molar-refractivity contribution is -0.991. The molecule has 18 rings (SSSR count). The van der Waals surface area contributed by atoms with Gasteiger partial charge in [-0.3, -0.25) is 15.0 Å². The van der Waals surface area contributed by atoms with Crippen LogP contribution in [0.5, 0.6) is 0 Å². The van der Waals surface area contributed by atoms with E-state index in [-0.39, 0.29) is 33.9 Å². The molecule has 22 nitrogen and oxygen atoms in total. The largest absolute Gasteiger partial charge is 0.584 e. The lowest BCUT2D eigenvalue weighted by atomic mass is 10.1. The Bertz CT molecular complexity index is 5220. The Kier molecular flexibility index (Phi) is 10.9. The van der Waals surface area contributed by atoms with Crippen molar-refractivity contribution in [1.82, 2.24) is 78.6 Å². The average Bonchev–Trinajstić information content (AvgIpc) is 1.52. The highest BCUT2D eigenvalue weighted by Crippen LogP contribution is 2.47. The fourth-order valence-corrected chi connectivity index (χ4v) is 13.3. The summed E-state index contributed by atoms with van der Waals surface area (Å²) in [4.78, 5) is 16.6. The molecule has 12 aromatic heterocycles. The summed E-state index contributed by atoms with van der Waals surface area (Å²) in [5, 5.41) is 25.3. The number of aryl methyl sites for hydroxylation is 3. The molecule has 0 aliphatic carbocycles. The normalized spacial score (nSPS) is 18.5. The smallest absolute Gasteiger partial charge is 0.251 e. The summed E-state index contributed by atoms with van der Waals surface area (Å²) in [5.74, 6) is -4.89. The van der Waals surface area contributed by atoms with Gasteiger partial charge in [0.05, 0.1) is 41.6 Å². The van der Waals surface area contributed by atoms with Gasteiger partial charge in [0.1, 0.15) is 47.4 Å². The minimum Gasteiger partial charge on any atom is -0.251 e. The standard InChI is InChI=1S/C20H13F6N7.C19H13F4N7.C17H10F4N8/c1-10-7-14-13-8-12(18(21,22)23)3-5-30(13)20(32(14)28-10)31-6-4-27-9-15(31)16-11(2)17(19(24,25)26)29-33(16)20;1-10-7-14-13-8-12(20)3-5-27(13)19(29(14)25-10)28-6-4-24-9-15(28)16-11(2)17(18(21,22)23)26-30(16)19;1-9-23-15-12-6-10(18)2-4-26(12)17(29(15)24-9)27-5-3-22-8-13(27)11-7-14(16(19,20)21)25-28(11)17/h3-9H,1-2H3;3-9H,1-2H3;2-8H,1H3/q3*+2. The molecular weight excluding hydrogens is 1250 g/mol. The van der Waals surface area contributed by atoms with Gasteiger partial charge in [-0.1, -0.05) is 32.1 Å². The molecule has 3 unspecified atom stereocenters. The van der Waals surface area contributed by atoms with Gasteiger partial charge in [0, 0.05) is 47.5 Å². The third-order valence-electron chi connectivity index (χ3n) is 16.7. The predicted octanol–water partition coefficient (Wildman–Crippen LogP) is 5.96. The van der Waals surface area contributed by atoms with E-state index in [1.165, 1.54) is 123 Å². The lowest BCUT2D eigenvalue weighted by Gasteiger charge is -2.16. The van der Waals surface area contributed by atoms with Gasteiger partial charge in [0.15, 0.2) is 71.3 Å². The summed E-state index contributed by atoms with van der Waals surface area (Å²) < 4.78 is 209. The van der Waals surface area contributed by atoms with Crippen molar-refractivity contribution in [2.45, 2.75) is 77.1 Å². The van der Waals surface area contributed by atoms with Crippen molar-refractivity contribution < 1.29 is 88.9 Å². The zero-order valence-electron chi connectivity index (χ0n) is 47.3. The van der Waals surface area contributed by atoms with E-state index >= 15 is 0 Å². The molecule has 0 amide bonds. The SMILES string of the molecule is Cc1cc2n(n1)C1(n3nc(C(F)(F)F)c(C)c3-c3cncc[n+]31)[n+]1ccc(C(F)(F)F)cc1-2.Cc1cc2n(n1)C1(n3nc(C(F)(F)F)c(C)c3-c3cncc[n+]31)[n+]1ccc(F)cc1-2.Cc1nc2n(n1)C1(n3nc(C(F)(F)F)cc3-c3cncc[n+]31)[n+]1ccc(F)cc1-2. The Hall–Kier alpha value is -11.1. The van der Waals surface area contributed by atoms with E-state index in [4.69, 9.17) is 0 Å². The summed E-state index contributed by atoms with van der Waals surface area (Å²) in [7, 11) is 0. The zero-order valence-corrected chi connectivity index (χ0v) is 47.3. The zero-order chi connectivity index (χ0) is 64.6. The minimum atomic E-state index is -4.73.